The Bertz CT molecular complexity index is 1100. The Morgan fingerprint density at radius 2 is 1.73 bits per heavy atom. The number of hydrogen-bond acceptors (Lipinski definition) is 5. The Morgan fingerprint density at radius 1 is 1.00 bits per heavy atom. The highest BCUT2D eigenvalue weighted by Crippen LogP contribution is 2.36. The van der Waals surface area contributed by atoms with E-state index in [1.54, 1.807) is 18.3 Å². The number of rotatable bonds is 2. The molecule has 0 aliphatic rings. The van der Waals surface area contributed by atoms with Crippen LogP contribution in [0.25, 0.3) is 26.8 Å². The Kier molecular flexibility index (Phi) is 3.65. The molecule has 0 saturated heterocycles. The van der Waals surface area contributed by atoms with Crippen LogP contribution in [-0.2, 0) is 6.18 Å². The largest absolute Gasteiger partial charge is 0.419 e. The molecular weight excluding hydrogens is 370 g/mol. The first kappa shape index (κ1) is 16.5. The van der Waals surface area contributed by atoms with Gasteiger partial charge in [-0.3, -0.25) is 0 Å². The number of pyridine rings is 1. The molecular formula is C16H9F4N5S. The predicted molar refractivity (Wildman–Crippen MR) is 88.9 cm³/mol. The van der Waals surface area contributed by atoms with Gasteiger partial charge in [0.05, 0.1) is 17.5 Å². The minimum Gasteiger partial charge on any atom is -0.383 e. The van der Waals surface area contributed by atoms with Gasteiger partial charge in [0.1, 0.15) is 16.6 Å². The maximum Gasteiger partial charge on any atom is 0.419 e. The van der Waals surface area contributed by atoms with Gasteiger partial charge in [0.15, 0.2) is 0 Å². The van der Waals surface area contributed by atoms with Crippen LogP contribution in [0.1, 0.15) is 5.56 Å². The van der Waals surface area contributed by atoms with E-state index in [2.05, 4.69) is 15.1 Å². The molecule has 3 heterocycles. The highest BCUT2D eigenvalue weighted by Gasteiger charge is 2.34. The van der Waals surface area contributed by atoms with Gasteiger partial charge in [-0.1, -0.05) is 11.3 Å². The molecule has 0 amide bonds. The standard InChI is InChI=1S/C16H9F4N5S/c17-10-3-1-8(2-4-10)12-7-23-15-25(12)24-14(26-15)9-5-11(16(18,19)20)13(21)22-6-9/h1-7H,(H2,21,22). The summed E-state index contributed by atoms with van der Waals surface area (Å²) in [4.78, 5) is 8.32. The molecule has 0 unspecified atom stereocenters. The van der Waals surface area contributed by atoms with Crippen LogP contribution in [0.4, 0.5) is 23.4 Å². The first-order valence-electron chi connectivity index (χ1n) is 7.26. The van der Waals surface area contributed by atoms with Crippen LogP contribution in [0.15, 0.2) is 42.7 Å². The van der Waals surface area contributed by atoms with Gasteiger partial charge in [0.25, 0.3) is 0 Å². The van der Waals surface area contributed by atoms with Crippen molar-refractivity contribution >= 4 is 22.1 Å². The van der Waals surface area contributed by atoms with E-state index >= 15 is 0 Å². The molecule has 5 nitrogen and oxygen atoms in total. The number of alkyl halides is 3. The fraction of sp³-hybridized carbons (Fsp3) is 0.0625. The van der Waals surface area contributed by atoms with Gasteiger partial charge in [0.2, 0.25) is 4.96 Å². The van der Waals surface area contributed by atoms with Crippen LogP contribution >= 0.6 is 11.3 Å². The number of nitrogens with zero attached hydrogens (tertiary/aromatic N) is 4. The summed E-state index contributed by atoms with van der Waals surface area (Å²) >= 11 is 1.11. The van der Waals surface area contributed by atoms with Crippen LogP contribution in [0, 0.1) is 5.82 Å². The number of aromatic nitrogens is 4. The molecule has 0 aliphatic carbocycles. The minimum absolute atomic E-state index is 0.187. The van der Waals surface area contributed by atoms with E-state index in [4.69, 9.17) is 5.73 Å². The van der Waals surface area contributed by atoms with Crippen molar-refractivity contribution in [1.82, 2.24) is 19.6 Å². The third-order valence-corrected chi connectivity index (χ3v) is 4.67. The third kappa shape index (κ3) is 2.77. The summed E-state index contributed by atoms with van der Waals surface area (Å²) in [6, 6.07) is 6.68. The summed E-state index contributed by atoms with van der Waals surface area (Å²) in [7, 11) is 0. The van der Waals surface area contributed by atoms with E-state index in [1.807, 2.05) is 0 Å². The highest BCUT2D eigenvalue weighted by atomic mass is 32.1. The first-order valence-corrected chi connectivity index (χ1v) is 8.08. The van der Waals surface area contributed by atoms with E-state index in [0.29, 0.717) is 21.2 Å². The lowest BCUT2D eigenvalue weighted by atomic mass is 10.2. The van der Waals surface area contributed by atoms with E-state index in [-0.39, 0.29) is 11.4 Å². The topological polar surface area (TPSA) is 69.1 Å². The zero-order valence-corrected chi connectivity index (χ0v) is 13.6. The molecule has 0 fully saturated rings. The Morgan fingerprint density at radius 3 is 2.42 bits per heavy atom. The van der Waals surface area contributed by atoms with Crippen molar-refractivity contribution in [2.24, 2.45) is 0 Å². The third-order valence-electron chi connectivity index (χ3n) is 3.70. The second-order valence-corrected chi connectivity index (χ2v) is 6.36. The molecule has 4 aromatic rings. The minimum atomic E-state index is -4.61. The zero-order chi connectivity index (χ0) is 18.5. The van der Waals surface area contributed by atoms with Gasteiger partial charge >= 0.3 is 6.18 Å². The van der Waals surface area contributed by atoms with Gasteiger partial charge in [0, 0.05) is 17.3 Å². The number of halogens is 4. The SMILES string of the molecule is Nc1ncc(-c2nn3c(-c4ccc(F)cc4)cnc3s2)cc1C(F)(F)F. The first-order chi connectivity index (χ1) is 12.3. The summed E-state index contributed by atoms with van der Waals surface area (Å²) in [5.74, 6) is -0.962. The number of fused-ring (bicyclic) bond motifs is 1. The van der Waals surface area contributed by atoms with Crippen molar-refractivity contribution in [1.29, 1.82) is 0 Å². The lowest BCUT2D eigenvalue weighted by Crippen LogP contribution is -2.10. The van der Waals surface area contributed by atoms with Crippen molar-refractivity contribution in [3.8, 4) is 21.8 Å². The average molecular weight is 379 g/mol. The summed E-state index contributed by atoms with van der Waals surface area (Å²) < 4.78 is 53.7. The van der Waals surface area contributed by atoms with Gasteiger partial charge in [-0.2, -0.15) is 18.3 Å². The molecule has 10 heteroatoms. The van der Waals surface area contributed by atoms with Gasteiger partial charge in [-0.05, 0) is 30.3 Å². The average Bonchev–Trinajstić information content (AvgIpc) is 3.16. The van der Waals surface area contributed by atoms with Gasteiger partial charge in [-0.25, -0.2) is 18.9 Å². The van der Waals surface area contributed by atoms with E-state index < -0.39 is 17.6 Å². The van der Waals surface area contributed by atoms with Crippen molar-refractivity contribution in [3.05, 3.63) is 54.1 Å². The molecule has 0 saturated carbocycles. The molecule has 1 aromatic carbocycles. The molecule has 26 heavy (non-hydrogen) atoms. The molecule has 0 radical (unpaired) electrons. The van der Waals surface area contributed by atoms with Gasteiger partial charge < -0.3 is 5.73 Å². The second kappa shape index (κ2) is 5.77. The molecule has 0 bridgehead atoms. The van der Waals surface area contributed by atoms with Crippen molar-refractivity contribution < 1.29 is 17.6 Å². The molecule has 132 valence electrons. The van der Waals surface area contributed by atoms with Crippen LogP contribution in [0.5, 0.6) is 0 Å². The molecule has 0 aliphatic heterocycles. The predicted octanol–water partition coefficient (Wildman–Crippen LogP) is 4.26. The molecule has 3 aromatic heterocycles. The number of nitrogen functional groups attached to an aromatic ring is 1. The number of nitrogens with two attached hydrogens (primary N) is 1. The van der Waals surface area contributed by atoms with Crippen LogP contribution in [-0.4, -0.2) is 19.6 Å². The van der Waals surface area contributed by atoms with Crippen molar-refractivity contribution in [3.63, 3.8) is 0 Å². The normalized spacial score (nSPS) is 12.0. The second-order valence-electron chi connectivity index (χ2n) is 5.41. The van der Waals surface area contributed by atoms with Crippen LogP contribution < -0.4 is 5.73 Å². The molecule has 4 rings (SSSR count). The molecule has 2 N–H and O–H groups in total. The maximum atomic E-state index is 13.1. The van der Waals surface area contributed by atoms with E-state index in [1.165, 1.54) is 22.8 Å². The van der Waals surface area contributed by atoms with E-state index in [0.717, 1.165) is 17.4 Å². The Hall–Kier alpha value is -3.01. The van der Waals surface area contributed by atoms with Gasteiger partial charge in [-0.15, -0.1) is 0 Å². The highest BCUT2D eigenvalue weighted by molar-refractivity contribution is 7.19. The summed E-state index contributed by atoms with van der Waals surface area (Å²) in [6.07, 6.45) is -1.80. The van der Waals surface area contributed by atoms with Crippen LogP contribution in [0.3, 0.4) is 0 Å². The van der Waals surface area contributed by atoms with Crippen LogP contribution in [0.2, 0.25) is 0 Å². The zero-order valence-electron chi connectivity index (χ0n) is 12.8. The quantitative estimate of drug-likeness (QED) is 0.529. The number of imidazole rings is 1. The summed E-state index contributed by atoms with van der Waals surface area (Å²) in [5.41, 5.74) is 5.78. The Balaban J connectivity index is 1.81. The van der Waals surface area contributed by atoms with Crippen molar-refractivity contribution in [2.45, 2.75) is 6.18 Å². The number of benzene rings is 1. The lowest BCUT2D eigenvalue weighted by molar-refractivity contribution is -0.137. The Labute approximate surface area is 147 Å². The smallest absolute Gasteiger partial charge is 0.383 e. The van der Waals surface area contributed by atoms with Crippen molar-refractivity contribution in [2.75, 3.05) is 5.73 Å². The number of hydrogen-bond donors (Lipinski definition) is 1. The monoisotopic (exact) mass is 379 g/mol. The summed E-state index contributed by atoms with van der Waals surface area (Å²) in [6.45, 7) is 0. The fourth-order valence-corrected chi connectivity index (χ4v) is 3.30. The van der Waals surface area contributed by atoms with E-state index in [9.17, 15) is 17.6 Å². The summed E-state index contributed by atoms with van der Waals surface area (Å²) in [5, 5.41) is 4.64. The molecule has 0 spiro atoms. The fourth-order valence-electron chi connectivity index (χ4n) is 2.45. The lowest BCUT2D eigenvalue weighted by Gasteiger charge is -2.09. The number of anilines is 1. The molecule has 0 atom stereocenters. The maximum absolute atomic E-state index is 13.1.